The molecule has 23 heavy (non-hydrogen) atoms. The highest BCUT2D eigenvalue weighted by Gasteiger charge is 2.15. The molecule has 3 aromatic rings. The van der Waals surface area contributed by atoms with Crippen LogP contribution in [0.25, 0.3) is 11.5 Å². The Kier molecular flexibility index (Phi) is 4.39. The summed E-state index contributed by atoms with van der Waals surface area (Å²) in [5.74, 6) is 0.723. The number of urea groups is 1. The molecule has 0 aliphatic heterocycles. The lowest BCUT2D eigenvalue weighted by Crippen LogP contribution is -2.31. The van der Waals surface area contributed by atoms with E-state index in [-0.39, 0.29) is 19.2 Å². The van der Waals surface area contributed by atoms with Crippen LogP contribution in [0.3, 0.4) is 0 Å². The molecule has 0 spiro atoms. The maximum Gasteiger partial charge on any atom is 0.319 e. The summed E-state index contributed by atoms with van der Waals surface area (Å²) >= 11 is 0. The predicted molar refractivity (Wildman–Crippen MR) is 87.0 cm³/mol. The van der Waals surface area contributed by atoms with E-state index in [1.165, 1.54) is 0 Å². The van der Waals surface area contributed by atoms with Crippen molar-refractivity contribution in [1.29, 1.82) is 0 Å². The third-order valence-corrected chi connectivity index (χ3v) is 3.24. The lowest BCUT2D eigenvalue weighted by molar-refractivity contribution is 0.245. The van der Waals surface area contributed by atoms with E-state index >= 15 is 0 Å². The number of carbonyl (C=O) groups is 1. The molecule has 7 heteroatoms. The molecule has 118 valence electrons. The van der Waals surface area contributed by atoms with Crippen LogP contribution in [0, 0.1) is 0 Å². The van der Waals surface area contributed by atoms with E-state index in [0.717, 1.165) is 11.5 Å². The van der Waals surface area contributed by atoms with Gasteiger partial charge < -0.3 is 20.3 Å². The van der Waals surface area contributed by atoms with Gasteiger partial charge in [0, 0.05) is 18.9 Å². The molecule has 3 rings (SSSR count). The molecule has 2 amide bonds. The summed E-state index contributed by atoms with van der Waals surface area (Å²) in [5, 5.41) is 18.5. The maximum absolute atomic E-state index is 11.9. The Morgan fingerprint density at radius 3 is 2.57 bits per heavy atom. The molecule has 0 unspecified atom stereocenters. The molecule has 0 fully saturated rings. The number of nitrogens with zero attached hydrogens (tertiary/aromatic N) is 3. The van der Waals surface area contributed by atoms with E-state index in [0.29, 0.717) is 5.69 Å². The minimum atomic E-state index is -0.389. The van der Waals surface area contributed by atoms with Gasteiger partial charge in [0.15, 0.2) is 5.82 Å². The Hall–Kier alpha value is -3.06. The van der Waals surface area contributed by atoms with Crippen LogP contribution in [0.15, 0.2) is 61.1 Å². The first kappa shape index (κ1) is 14.9. The van der Waals surface area contributed by atoms with Crippen LogP contribution in [0.1, 0.15) is 0 Å². The molecule has 0 saturated heterocycles. The Morgan fingerprint density at radius 1 is 1.13 bits per heavy atom. The topological polar surface area (TPSA) is 84.1 Å². The predicted octanol–water partition coefficient (Wildman–Crippen LogP) is 1.78. The second-order valence-corrected chi connectivity index (χ2v) is 4.82. The number of aliphatic hydroxyl groups excluding tert-OH is 1. The summed E-state index contributed by atoms with van der Waals surface area (Å²) in [6, 6.07) is 13.1. The summed E-state index contributed by atoms with van der Waals surface area (Å²) in [5.41, 5.74) is 1.46. The third kappa shape index (κ3) is 3.24. The van der Waals surface area contributed by atoms with Crippen molar-refractivity contribution < 1.29 is 9.90 Å². The Morgan fingerprint density at radius 2 is 1.87 bits per heavy atom. The molecule has 0 aliphatic rings. The summed E-state index contributed by atoms with van der Waals surface area (Å²) < 4.78 is 3.63. The summed E-state index contributed by atoms with van der Waals surface area (Å²) in [6.07, 6.45) is 5.36. The molecule has 0 aliphatic carbocycles. The van der Waals surface area contributed by atoms with Gasteiger partial charge in [-0.05, 0) is 24.3 Å². The summed E-state index contributed by atoms with van der Waals surface area (Å²) in [7, 11) is 0. The van der Waals surface area contributed by atoms with Gasteiger partial charge >= 0.3 is 6.03 Å². The number of benzene rings is 1. The van der Waals surface area contributed by atoms with Gasteiger partial charge in [0.2, 0.25) is 0 Å². The van der Waals surface area contributed by atoms with Crippen LogP contribution >= 0.6 is 0 Å². The third-order valence-electron chi connectivity index (χ3n) is 3.24. The smallest absolute Gasteiger partial charge is 0.319 e. The van der Waals surface area contributed by atoms with Crippen molar-refractivity contribution >= 4 is 11.7 Å². The highest BCUT2D eigenvalue weighted by Crippen LogP contribution is 2.23. The Bertz CT molecular complexity index is 765. The quantitative estimate of drug-likeness (QED) is 0.671. The highest BCUT2D eigenvalue weighted by molar-refractivity contribution is 5.91. The number of anilines is 1. The van der Waals surface area contributed by atoms with E-state index in [1.54, 1.807) is 10.9 Å². The molecule has 2 aromatic heterocycles. The van der Waals surface area contributed by atoms with E-state index in [4.69, 9.17) is 5.11 Å². The van der Waals surface area contributed by atoms with Gasteiger partial charge in [-0.1, -0.05) is 18.2 Å². The lowest BCUT2D eigenvalue weighted by Gasteiger charge is -2.11. The molecule has 0 radical (unpaired) electrons. The number of aliphatic hydroxyl groups is 1. The van der Waals surface area contributed by atoms with Gasteiger partial charge in [-0.2, -0.15) is 5.10 Å². The average molecular weight is 311 g/mol. The molecule has 3 N–H and O–H groups in total. The van der Waals surface area contributed by atoms with Gasteiger partial charge in [-0.15, -0.1) is 0 Å². The molecular formula is C16H17N5O2. The molecule has 0 saturated carbocycles. The zero-order valence-corrected chi connectivity index (χ0v) is 12.4. The lowest BCUT2D eigenvalue weighted by atomic mass is 10.3. The molecule has 1 aromatic carbocycles. The van der Waals surface area contributed by atoms with Crippen LogP contribution in [0.4, 0.5) is 10.5 Å². The number of amides is 2. The van der Waals surface area contributed by atoms with E-state index in [1.807, 2.05) is 59.4 Å². The minimum absolute atomic E-state index is 0.110. The maximum atomic E-state index is 11.9. The van der Waals surface area contributed by atoms with Crippen LogP contribution in [-0.4, -0.2) is 38.6 Å². The summed E-state index contributed by atoms with van der Waals surface area (Å²) in [4.78, 5) is 11.9. The van der Waals surface area contributed by atoms with E-state index < -0.39 is 0 Å². The summed E-state index contributed by atoms with van der Waals surface area (Å²) in [6.45, 7) is 0.0820. The molecule has 0 atom stereocenters. The number of nitrogens with one attached hydrogen (secondary N) is 2. The number of carbonyl (C=O) groups excluding carboxylic acids is 1. The molecule has 7 nitrogen and oxygen atoms in total. The largest absolute Gasteiger partial charge is 0.395 e. The number of hydrogen-bond donors (Lipinski definition) is 3. The fraction of sp³-hybridized carbons (Fsp3) is 0.125. The molecule has 2 heterocycles. The van der Waals surface area contributed by atoms with Gasteiger partial charge in [0.1, 0.15) is 5.69 Å². The van der Waals surface area contributed by atoms with Gasteiger partial charge in [0.05, 0.1) is 18.5 Å². The Labute approximate surface area is 133 Å². The van der Waals surface area contributed by atoms with Crippen molar-refractivity contribution in [3.63, 3.8) is 0 Å². The second-order valence-electron chi connectivity index (χ2n) is 4.82. The number of rotatable bonds is 5. The van der Waals surface area contributed by atoms with Crippen molar-refractivity contribution in [3.05, 3.63) is 61.1 Å². The standard InChI is InChI=1S/C16H17N5O2/c22-11-8-17-16(23)19-14-12-18-21(13-6-2-1-3-7-13)15(14)20-9-4-5-10-20/h1-7,9-10,12,22H,8,11H2,(H2,17,19,23). The fourth-order valence-electron chi connectivity index (χ4n) is 2.25. The van der Waals surface area contributed by atoms with Crippen LogP contribution < -0.4 is 10.6 Å². The van der Waals surface area contributed by atoms with Crippen molar-refractivity contribution in [1.82, 2.24) is 19.7 Å². The molecular weight excluding hydrogens is 294 g/mol. The second kappa shape index (κ2) is 6.80. The number of hydrogen-bond acceptors (Lipinski definition) is 3. The van der Waals surface area contributed by atoms with Crippen LogP contribution in [0.2, 0.25) is 0 Å². The van der Waals surface area contributed by atoms with Gasteiger partial charge in [-0.3, -0.25) is 0 Å². The van der Waals surface area contributed by atoms with Crippen LogP contribution in [0.5, 0.6) is 0 Å². The van der Waals surface area contributed by atoms with Gasteiger partial charge in [-0.25, -0.2) is 9.48 Å². The van der Waals surface area contributed by atoms with Gasteiger partial charge in [0.25, 0.3) is 0 Å². The normalized spacial score (nSPS) is 10.5. The van der Waals surface area contributed by atoms with Crippen LogP contribution in [-0.2, 0) is 0 Å². The zero-order valence-electron chi connectivity index (χ0n) is 12.4. The molecule has 0 bridgehead atoms. The fourth-order valence-corrected chi connectivity index (χ4v) is 2.25. The van der Waals surface area contributed by atoms with E-state index in [9.17, 15) is 4.79 Å². The zero-order chi connectivity index (χ0) is 16.1. The number of para-hydroxylation sites is 1. The van der Waals surface area contributed by atoms with E-state index in [2.05, 4.69) is 15.7 Å². The highest BCUT2D eigenvalue weighted by atomic mass is 16.3. The first-order valence-electron chi connectivity index (χ1n) is 7.22. The van der Waals surface area contributed by atoms with Crippen molar-refractivity contribution in [3.8, 4) is 11.5 Å². The monoisotopic (exact) mass is 311 g/mol. The Balaban J connectivity index is 1.97. The number of aromatic nitrogens is 3. The van der Waals surface area contributed by atoms with Crippen molar-refractivity contribution in [2.45, 2.75) is 0 Å². The first-order valence-corrected chi connectivity index (χ1v) is 7.22. The average Bonchev–Trinajstić information content (AvgIpc) is 3.23. The van der Waals surface area contributed by atoms with Crippen molar-refractivity contribution in [2.75, 3.05) is 18.5 Å². The minimum Gasteiger partial charge on any atom is -0.395 e. The SMILES string of the molecule is O=C(NCCO)Nc1cnn(-c2ccccc2)c1-n1cccc1. The van der Waals surface area contributed by atoms with Crippen molar-refractivity contribution in [2.24, 2.45) is 0 Å². The first-order chi connectivity index (χ1) is 11.3.